The number of nitrogens with zero attached hydrogens (tertiary/aromatic N) is 1. The average Bonchev–Trinajstić information content (AvgIpc) is 3.53. The molecular weight excluding hydrogens is 731 g/mol. The molecule has 0 radical (unpaired) electrons. The number of ketones is 3. The first-order valence-electron chi connectivity index (χ1n) is 19.3. The number of fused-ring (bicyclic) bond motifs is 4. The van der Waals surface area contributed by atoms with Crippen molar-refractivity contribution in [3.05, 3.63) is 173 Å². The van der Waals surface area contributed by atoms with Crippen LogP contribution in [0.25, 0.3) is 5.57 Å². The highest BCUT2D eigenvalue weighted by atomic mass is 16.5. The number of imide groups is 1. The molecule has 0 aromatic heterocycles. The molecule has 1 saturated heterocycles. The number of aromatic hydroxyl groups is 1. The Bertz CT molecular complexity index is 2540. The lowest BCUT2D eigenvalue weighted by atomic mass is 9.44. The summed E-state index contributed by atoms with van der Waals surface area (Å²) in [6.45, 7) is 0. The Kier molecular flexibility index (Phi) is 9.03. The van der Waals surface area contributed by atoms with Crippen molar-refractivity contribution in [1.29, 1.82) is 0 Å². The molecule has 288 valence electrons. The van der Waals surface area contributed by atoms with Crippen molar-refractivity contribution in [2.45, 2.75) is 24.2 Å². The molecule has 5 aromatic carbocycles. The van der Waals surface area contributed by atoms with Crippen LogP contribution in [0.4, 0.5) is 5.69 Å². The number of carbonyl (C=O) groups excluding carboxylic acids is 5. The third-order valence-corrected chi connectivity index (χ3v) is 12.6. The molecule has 1 saturated carbocycles. The number of methoxy groups -OCH3 is 2. The highest BCUT2D eigenvalue weighted by Crippen LogP contribution is 2.64. The number of amides is 2. The van der Waals surface area contributed by atoms with Crippen LogP contribution in [0.1, 0.15) is 51.4 Å². The quantitative estimate of drug-likeness (QED) is 0.0969. The highest BCUT2D eigenvalue weighted by molar-refractivity contribution is 6.32. The van der Waals surface area contributed by atoms with Crippen LogP contribution in [0.5, 0.6) is 17.2 Å². The maximum atomic E-state index is 15.3. The van der Waals surface area contributed by atoms with Gasteiger partial charge in [-0.1, -0.05) is 103 Å². The standard InChI is InChI=1S/C49H39NO8/c1-57-39-24-31(25-40(58-2)46(39)54)43-34-22-23-35-42(48(56)50(47(35)55)33-20-18-30(19-21-33)44(52)29-14-8-4-9-15-29)37(34)26-38-45(53)36(28-12-6-3-7-13-28)27-41(51)49(38,43)32-16-10-5-11-17-32/h3-22,24-25,27,35,37-38,42-43,54H,23,26H2,1-2H3. The summed E-state index contributed by atoms with van der Waals surface area (Å²) < 4.78 is 11.2. The largest absolute Gasteiger partial charge is 0.502 e. The number of rotatable bonds is 8. The SMILES string of the molecule is COc1cc(C2C3=CCC4C(=O)N(c5ccc(C(=O)c6ccccc6)cc5)C(=O)C4C3CC3C(=O)C(c4ccccc4)=CC(=O)C32c2ccccc2)cc(OC)c1O. The van der Waals surface area contributed by atoms with Gasteiger partial charge in [-0.2, -0.15) is 0 Å². The molecule has 4 aliphatic rings. The molecule has 9 heteroatoms. The maximum absolute atomic E-state index is 15.3. The number of phenolic OH excluding ortho intramolecular Hbond substituents is 1. The van der Waals surface area contributed by atoms with E-state index in [1.807, 2.05) is 60.7 Å². The Balaban J connectivity index is 1.20. The number of carbonyl (C=O) groups is 5. The summed E-state index contributed by atoms with van der Waals surface area (Å²) in [5, 5.41) is 11.0. The number of anilines is 1. The first kappa shape index (κ1) is 36.7. The van der Waals surface area contributed by atoms with Gasteiger partial charge in [0, 0.05) is 28.5 Å². The molecule has 2 amide bonds. The minimum Gasteiger partial charge on any atom is -0.502 e. The second-order valence-corrected chi connectivity index (χ2v) is 15.3. The summed E-state index contributed by atoms with van der Waals surface area (Å²) in [4.78, 5) is 74.2. The van der Waals surface area contributed by atoms with Gasteiger partial charge in [-0.3, -0.25) is 28.9 Å². The Morgan fingerprint density at radius 1 is 0.724 bits per heavy atom. The van der Waals surface area contributed by atoms with Crippen molar-refractivity contribution < 1.29 is 38.6 Å². The van der Waals surface area contributed by atoms with Gasteiger partial charge in [-0.05, 0) is 77.9 Å². The normalized spacial score (nSPS) is 24.9. The lowest BCUT2D eigenvalue weighted by Crippen LogP contribution is -2.58. The zero-order valence-corrected chi connectivity index (χ0v) is 31.8. The molecule has 0 bridgehead atoms. The molecule has 9 nitrogen and oxygen atoms in total. The van der Waals surface area contributed by atoms with E-state index in [2.05, 4.69) is 0 Å². The molecule has 2 fully saturated rings. The molecule has 6 atom stereocenters. The van der Waals surface area contributed by atoms with E-state index in [1.165, 1.54) is 25.2 Å². The van der Waals surface area contributed by atoms with Crippen molar-refractivity contribution in [3.8, 4) is 17.2 Å². The summed E-state index contributed by atoms with van der Waals surface area (Å²) in [6.07, 6.45) is 3.81. The van der Waals surface area contributed by atoms with Gasteiger partial charge in [-0.25, -0.2) is 0 Å². The van der Waals surface area contributed by atoms with E-state index < -0.39 is 40.9 Å². The van der Waals surface area contributed by atoms with Gasteiger partial charge in [0.1, 0.15) is 0 Å². The molecule has 1 aliphatic heterocycles. The number of benzene rings is 5. The number of Topliss-reactive ketones (excluding diaryl/α,β-unsaturated/α-hetero) is 1. The lowest BCUT2D eigenvalue weighted by Gasteiger charge is -2.55. The zero-order valence-electron chi connectivity index (χ0n) is 31.8. The Hall–Kier alpha value is -6.87. The minimum atomic E-state index is -1.47. The average molecular weight is 770 g/mol. The molecule has 6 unspecified atom stereocenters. The Morgan fingerprint density at radius 3 is 1.93 bits per heavy atom. The third-order valence-electron chi connectivity index (χ3n) is 12.6. The Labute approximate surface area is 335 Å². The molecule has 58 heavy (non-hydrogen) atoms. The summed E-state index contributed by atoms with van der Waals surface area (Å²) in [7, 11) is 2.85. The molecule has 1 N–H and O–H groups in total. The number of hydrogen-bond donors (Lipinski definition) is 1. The van der Waals surface area contributed by atoms with Crippen LogP contribution >= 0.6 is 0 Å². The smallest absolute Gasteiger partial charge is 0.238 e. The van der Waals surface area contributed by atoms with Crippen LogP contribution in [0.15, 0.2) is 145 Å². The number of ether oxygens (including phenoxy) is 2. The van der Waals surface area contributed by atoms with Gasteiger partial charge >= 0.3 is 0 Å². The molecule has 9 rings (SSSR count). The monoisotopic (exact) mass is 769 g/mol. The van der Waals surface area contributed by atoms with E-state index in [-0.39, 0.29) is 53.3 Å². The predicted molar refractivity (Wildman–Crippen MR) is 217 cm³/mol. The van der Waals surface area contributed by atoms with Gasteiger partial charge in [-0.15, -0.1) is 0 Å². The van der Waals surface area contributed by atoms with E-state index >= 15 is 9.59 Å². The van der Waals surface area contributed by atoms with Crippen molar-refractivity contribution in [1.82, 2.24) is 0 Å². The van der Waals surface area contributed by atoms with Crippen LogP contribution < -0.4 is 14.4 Å². The van der Waals surface area contributed by atoms with Crippen molar-refractivity contribution in [3.63, 3.8) is 0 Å². The molecule has 0 spiro atoms. The van der Waals surface area contributed by atoms with E-state index in [4.69, 9.17) is 9.47 Å². The first-order chi connectivity index (χ1) is 28.2. The molecule has 3 aliphatic carbocycles. The summed E-state index contributed by atoms with van der Waals surface area (Å²) in [6, 6.07) is 37.1. The van der Waals surface area contributed by atoms with Crippen molar-refractivity contribution >= 4 is 40.4 Å². The second-order valence-electron chi connectivity index (χ2n) is 15.3. The van der Waals surface area contributed by atoms with Crippen LogP contribution in [0.3, 0.4) is 0 Å². The number of allylic oxidation sites excluding steroid dienone is 4. The van der Waals surface area contributed by atoms with E-state index in [0.717, 1.165) is 5.57 Å². The van der Waals surface area contributed by atoms with Gasteiger partial charge in [0.05, 0.1) is 37.2 Å². The number of hydrogen-bond acceptors (Lipinski definition) is 8. The van der Waals surface area contributed by atoms with Crippen LogP contribution in [-0.4, -0.2) is 48.5 Å². The first-order valence-corrected chi connectivity index (χ1v) is 19.3. The Morgan fingerprint density at radius 2 is 1.31 bits per heavy atom. The predicted octanol–water partition coefficient (Wildman–Crippen LogP) is 7.67. The van der Waals surface area contributed by atoms with Crippen LogP contribution in [0.2, 0.25) is 0 Å². The number of phenols is 1. The minimum absolute atomic E-state index is 0.119. The maximum Gasteiger partial charge on any atom is 0.238 e. The van der Waals surface area contributed by atoms with E-state index in [1.54, 1.807) is 72.8 Å². The topological polar surface area (TPSA) is 127 Å². The fourth-order valence-corrected chi connectivity index (χ4v) is 10.1. The van der Waals surface area contributed by atoms with Gasteiger partial charge in [0.25, 0.3) is 0 Å². The summed E-state index contributed by atoms with van der Waals surface area (Å²) in [5.74, 6) is -5.32. The van der Waals surface area contributed by atoms with Crippen LogP contribution in [-0.2, 0) is 24.6 Å². The van der Waals surface area contributed by atoms with Gasteiger partial charge < -0.3 is 14.6 Å². The van der Waals surface area contributed by atoms with Crippen molar-refractivity contribution in [2.24, 2.45) is 23.7 Å². The molecule has 1 heterocycles. The lowest BCUT2D eigenvalue weighted by molar-refractivity contribution is -0.135. The third kappa shape index (κ3) is 5.48. The van der Waals surface area contributed by atoms with Crippen LogP contribution in [0, 0.1) is 23.7 Å². The summed E-state index contributed by atoms with van der Waals surface area (Å²) >= 11 is 0. The zero-order chi connectivity index (χ0) is 40.3. The van der Waals surface area contributed by atoms with E-state index in [9.17, 15) is 19.5 Å². The second kappa shape index (κ2) is 14.3. The fraction of sp³-hybridized carbons (Fsp3) is 0.204. The summed E-state index contributed by atoms with van der Waals surface area (Å²) in [5.41, 5.74) is 2.70. The highest BCUT2D eigenvalue weighted by Gasteiger charge is 2.66. The van der Waals surface area contributed by atoms with Crippen molar-refractivity contribution in [2.75, 3.05) is 19.1 Å². The molecule has 5 aromatic rings. The van der Waals surface area contributed by atoms with Gasteiger partial charge in [0.2, 0.25) is 17.6 Å². The molecular formula is C49H39NO8. The fourth-order valence-electron chi connectivity index (χ4n) is 10.1. The van der Waals surface area contributed by atoms with E-state index in [0.29, 0.717) is 39.1 Å². The van der Waals surface area contributed by atoms with Gasteiger partial charge in [0.15, 0.2) is 28.8 Å².